The number of thiophene rings is 1. The van der Waals surface area contributed by atoms with Crippen molar-refractivity contribution in [2.75, 3.05) is 6.61 Å². The van der Waals surface area contributed by atoms with Gasteiger partial charge in [-0.1, -0.05) is 53.7 Å². The standard InChI is InChI=1S/C28H35F3O3S/c1-18(15-24(32)33)9-10-23-20(11-14-35-23)21-16-19(26(2,3)4)17-22(27(5,6)7)25(21)34-13-8-12-28(29,30)31/h9-11,14-17H,8,12-13H2,1-7H3,(H,32,33). The number of carboxylic acid groups (broad SMARTS) is 1. The Bertz CT molecular complexity index is 1090. The minimum Gasteiger partial charge on any atom is -0.493 e. The molecule has 0 aliphatic rings. The summed E-state index contributed by atoms with van der Waals surface area (Å²) in [7, 11) is 0. The van der Waals surface area contributed by atoms with Crippen molar-refractivity contribution in [3.63, 3.8) is 0 Å². The highest BCUT2D eigenvalue weighted by molar-refractivity contribution is 7.11. The number of carboxylic acids is 1. The van der Waals surface area contributed by atoms with E-state index in [0.717, 1.165) is 33.2 Å². The fraction of sp³-hybridized carbons (Fsp3) is 0.464. The van der Waals surface area contributed by atoms with Crippen LogP contribution in [0, 0.1) is 0 Å². The van der Waals surface area contributed by atoms with Gasteiger partial charge < -0.3 is 9.84 Å². The molecule has 1 aromatic heterocycles. The fourth-order valence-electron chi connectivity index (χ4n) is 3.54. The predicted octanol–water partition coefficient (Wildman–Crippen LogP) is 8.78. The molecule has 0 saturated carbocycles. The average Bonchev–Trinajstić information content (AvgIpc) is 3.15. The highest BCUT2D eigenvalue weighted by Crippen LogP contribution is 2.45. The van der Waals surface area contributed by atoms with Gasteiger partial charge >= 0.3 is 12.1 Å². The lowest BCUT2D eigenvalue weighted by Gasteiger charge is -2.29. The van der Waals surface area contributed by atoms with Gasteiger partial charge in [-0.05, 0) is 58.9 Å². The molecule has 7 heteroatoms. The van der Waals surface area contributed by atoms with Crippen LogP contribution in [0.25, 0.3) is 17.2 Å². The van der Waals surface area contributed by atoms with E-state index in [1.54, 1.807) is 13.0 Å². The van der Waals surface area contributed by atoms with Crippen molar-refractivity contribution in [2.45, 2.75) is 78.3 Å². The highest BCUT2D eigenvalue weighted by Gasteiger charge is 2.29. The second-order valence-corrected chi connectivity index (χ2v) is 11.7. The van der Waals surface area contributed by atoms with Crippen LogP contribution in [0.15, 0.2) is 41.3 Å². The molecule has 0 aliphatic heterocycles. The number of aliphatic carboxylic acids is 1. The molecule has 0 fully saturated rings. The maximum absolute atomic E-state index is 12.7. The first-order valence-corrected chi connectivity index (χ1v) is 12.4. The summed E-state index contributed by atoms with van der Waals surface area (Å²) in [6.45, 7) is 14.2. The fourth-order valence-corrected chi connectivity index (χ4v) is 4.35. The van der Waals surface area contributed by atoms with E-state index in [9.17, 15) is 18.0 Å². The summed E-state index contributed by atoms with van der Waals surface area (Å²) in [5.74, 6) is -0.417. The van der Waals surface area contributed by atoms with Gasteiger partial charge in [0.25, 0.3) is 0 Å². The molecule has 0 bridgehead atoms. The Morgan fingerprint density at radius 1 is 1.06 bits per heavy atom. The van der Waals surface area contributed by atoms with E-state index in [2.05, 4.69) is 53.7 Å². The molecule has 0 radical (unpaired) electrons. The normalized spacial score (nSPS) is 13.5. The van der Waals surface area contributed by atoms with Crippen LogP contribution < -0.4 is 4.74 Å². The summed E-state index contributed by atoms with van der Waals surface area (Å²) in [5.41, 5.74) is 3.91. The van der Waals surface area contributed by atoms with Crippen molar-refractivity contribution in [2.24, 2.45) is 0 Å². The number of halogens is 3. The number of rotatable bonds is 8. The second-order valence-electron chi connectivity index (χ2n) is 10.7. The monoisotopic (exact) mass is 508 g/mol. The smallest absolute Gasteiger partial charge is 0.389 e. The van der Waals surface area contributed by atoms with Gasteiger partial charge in [0.2, 0.25) is 0 Å². The predicted molar refractivity (Wildman–Crippen MR) is 138 cm³/mol. The third-order valence-corrected chi connectivity index (χ3v) is 6.33. The van der Waals surface area contributed by atoms with Crippen LogP contribution >= 0.6 is 11.3 Å². The molecule has 1 N–H and O–H groups in total. The first-order valence-electron chi connectivity index (χ1n) is 11.5. The Kier molecular flexibility index (Phi) is 9.04. The van der Waals surface area contributed by atoms with Crippen LogP contribution in [-0.4, -0.2) is 23.9 Å². The summed E-state index contributed by atoms with van der Waals surface area (Å²) in [4.78, 5) is 11.9. The van der Waals surface area contributed by atoms with Crippen molar-refractivity contribution in [1.29, 1.82) is 0 Å². The molecule has 0 aliphatic carbocycles. The molecular weight excluding hydrogens is 473 g/mol. The van der Waals surface area contributed by atoms with E-state index < -0.39 is 18.6 Å². The molecule has 2 rings (SSSR count). The van der Waals surface area contributed by atoms with E-state index in [0.29, 0.717) is 11.3 Å². The van der Waals surface area contributed by atoms with E-state index in [1.807, 2.05) is 17.5 Å². The highest BCUT2D eigenvalue weighted by atomic mass is 32.1. The van der Waals surface area contributed by atoms with Gasteiger partial charge in [0.1, 0.15) is 5.75 Å². The van der Waals surface area contributed by atoms with Gasteiger partial charge in [-0.3, -0.25) is 0 Å². The zero-order valence-corrected chi connectivity index (χ0v) is 22.3. The number of hydrogen-bond donors (Lipinski definition) is 1. The lowest BCUT2D eigenvalue weighted by molar-refractivity contribution is -0.136. The molecule has 0 atom stereocenters. The molecular formula is C28H35F3O3S. The Hall–Kier alpha value is -2.54. The number of alkyl halides is 3. The van der Waals surface area contributed by atoms with E-state index >= 15 is 0 Å². The summed E-state index contributed by atoms with van der Waals surface area (Å²) in [6, 6.07) is 6.13. The van der Waals surface area contributed by atoms with Gasteiger partial charge in [-0.2, -0.15) is 13.2 Å². The van der Waals surface area contributed by atoms with E-state index in [4.69, 9.17) is 9.84 Å². The van der Waals surface area contributed by atoms with Crippen molar-refractivity contribution < 1.29 is 27.8 Å². The number of hydrogen-bond acceptors (Lipinski definition) is 3. The zero-order chi connectivity index (χ0) is 26.6. The Morgan fingerprint density at radius 3 is 2.26 bits per heavy atom. The SMILES string of the molecule is CC(C=Cc1sccc1-c1cc(C(C)(C)C)cc(C(C)(C)C)c1OCCCC(F)(F)F)=CC(=O)O. The van der Waals surface area contributed by atoms with Gasteiger partial charge in [-0.25, -0.2) is 4.79 Å². The molecule has 192 valence electrons. The van der Waals surface area contributed by atoms with Gasteiger partial charge in [0.05, 0.1) is 6.61 Å². The molecule has 2 aromatic rings. The van der Waals surface area contributed by atoms with Gasteiger partial charge in [0.15, 0.2) is 0 Å². The van der Waals surface area contributed by atoms with Crippen molar-refractivity contribution in [1.82, 2.24) is 0 Å². The van der Waals surface area contributed by atoms with E-state index in [-0.39, 0.29) is 23.9 Å². The molecule has 0 spiro atoms. The number of allylic oxidation sites excluding steroid dienone is 2. The van der Waals surface area contributed by atoms with Crippen LogP contribution in [-0.2, 0) is 15.6 Å². The Balaban J connectivity index is 2.66. The first kappa shape index (κ1) is 28.7. The lowest BCUT2D eigenvalue weighted by atomic mass is 9.78. The molecule has 0 saturated heterocycles. The molecule has 35 heavy (non-hydrogen) atoms. The minimum absolute atomic E-state index is 0.0414. The maximum atomic E-state index is 12.7. The lowest BCUT2D eigenvalue weighted by Crippen LogP contribution is -2.19. The molecule has 1 heterocycles. The number of ether oxygens (including phenoxy) is 1. The van der Waals surface area contributed by atoms with Crippen LogP contribution in [0.1, 0.15) is 77.3 Å². The van der Waals surface area contributed by atoms with Crippen molar-refractivity contribution in [3.05, 3.63) is 57.3 Å². The zero-order valence-electron chi connectivity index (χ0n) is 21.5. The van der Waals surface area contributed by atoms with Crippen molar-refractivity contribution >= 4 is 23.4 Å². The summed E-state index contributed by atoms with van der Waals surface area (Å²) in [6.07, 6.45) is -0.495. The summed E-state index contributed by atoms with van der Waals surface area (Å²) in [5, 5.41) is 10.9. The second kappa shape index (κ2) is 11.0. The largest absolute Gasteiger partial charge is 0.493 e. The first-order chi connectivity index (χ1) is 16.0. The molecule has 3 nitrogen and oxygen atoms in total. The van der Waals surface area contributed by atoms with Gasteiger partial charge in [-0.15, -0.1) is 11.3 Å². The van der Waals surface area contributed by atoms with Gasteiger partial charge in [0, 0.05) is 34.1 Å². The summed E-state index contributed by atoms with van der Waals surface area (Å²) < 4.78 is 44.3. The van der Waals surface area contributed by atoms with E-state index in [1.165, 1.54) is 11.3 Å². The topological polar surface area (TPSA) is 46.5 Å². The quantitative estimate of drug-likeness (QED) is 0.220. The third-order valence-electron chi connectivity index (χ3n) is 5.45. The minimum atomic E-state index is -4.22. The third kappa shape index (κ3) is 8.57. The van der Waals surface area contributed by atoms with Crippen LogP contribution in [0.2, 0.25) is 0 Å². The average molecular weight is 509 g/mol. The maximum Gasteiger partial charge on any atom is 0.389 e. The van der Waals surface area contributed by atoms with Crippen LogP contribution in [0.5, 0.6) is 5.75 Å². The van der Waals surface area contributed by atoms with Crippen LogP contribution in [0.4, 0.5) is 13.2 Å². The Morgan fingerprint density at radius 2 is 1.71 bits per heavy atom. The molecule has 0 unspecified atom stereocenters. The molecule has 0 amide bonds. The van der Waals surface area contributed by atoms with Crippen LogP contribution in [0.3, 0.4) is 0 Å². The number of benzene rings is 1. The van der Waals surface area contributed by atoms with Crippen molar-refractivity contribution in [3.8, 4) is 16.9 Å². The number of carbonyl (C=O) groups is 1. The summed E-state index contributed by atoms with van der Waals surface area (Å²) >= 11 is 1.51. The Labute approximate surface area is 210 Å². The molecule has 1 aromatic carbocycles.